The smallest absolute Gasteiger partial charge is 0.435 e. The SMILES string of the molecule is COc1ccc(C(=O)NCCCn2nc(C(F)(F)F)cc2C)cc1OC. The highest BCUT2D eigenvalue weighted by molar-refractivity contribution is 5.94. The number of aromatic nitrogens is 2. The largest absolute Gasteiger partial charge is 0.493 e. The summed E-state index contributed by atoms with van der Waals surface area (Å²) in [7, 11) is 2.97. The van der Waals surface area contributed by atoms with Crippen LogP contribution in [0, 0.1) is 6.92 Å². The van der Waals surface area contributed by atoms with Crippen LogP contribution in [0.25, 0.3) is 0 Å². The van der Waals surface area contributed by atoms with E-state index in [2.05, 4.69) is 10.4 Å². The van der Waals surface area contributed by atoms with Crippen molar-refractivity contribution < 1.29 is 27.4 Å². The molecule has 0 aliphatic rings. The molecule has 0 fully saturated rings. The van der Waals surface area contributed by atoms with E-state index in [0.29, 0.717) is 35.7 Å². The van der Waals surface area contributed by atoms with Gasteiger partial charge in [-0.25, -0.2) is 0 Å². The molecule has 0 atom stereocenters. The number of benzene rings is 1. The van der Waals surface area contributed by atoms with Crippen LogP contribution in [0.1, 0.15) is 28.2 Å². The molecular formula is C17H20F3N3O3. The molecule has 142 valence electrons. The number of carbonyl (C=O) groups is 1. The van der Waals surface area contributed by atoms with Gasteiger partial charge in [-0.3, -0.25) is 9.48 Å². The maximum atomic E-state index is 12.6. The summed E-state index contributed by atoms with van der Waals surface area (Å²) in [5.74, 6) is 0.643. The number of aryl methyl sites for hydroxylation is 2. The lowest BCUT2D eigenvalue weighted by molar-refractivity contribution is -0.141. The number of carbonyl (C=O) groups excluding carboxylic acids is 1. The molecule has 0 saturated heterocycles. The first-order chi connectivity index (χ1) is 12.3. The predicted molar refractivity (Wildman–Crippen MR) is 88.5 cm³/mol. The number of hydrogen-bond acceptors (Lipinski definition) is 4. The molecule has 2 aromatic rings. The zero-order valence-electron chi connectivity index (χ0n) is 14.7. The highest BCUT2D eigenvalue weighted by Crippen LogP contribution is 2.28. The second-order valence-corrected chi connectivity index (χ2v) is 5.57. The molecule has 0 spiro atoms. The maximum Gasteiger partial charge on any atom is 0.435 e. The molecule has 0 aliphatic heterocycles. The fourth-order valence-corrected chi connectivity index (χ4v) is 2.39. The van der Waals surface area contributed by atoms with Gasteiger partial charge >= 0.3 is 6.18 Å². The summed E-state index contributed by atoms with van der Waals surface area (Å²) in [6.45, 7) is 2.13. The Morgan fingerprint density at radius 1 is 1.19 bits per heavy atom. The lowest BCUT2D eigenvalue weighted by atomic mass is 10.2. The zero-order chi connectivity index (χ0) is 19.3. The molecule has 0 aliphatic carbocycles. The quantitative estimate of drug-likeness (QED) is 0.760. The zero-order valence-corrected chi connectivity index (χ0v) is 14.7. The van der Waals surface area contributed by atoms with Crippen LogP contribution < -0.4 is 14.8 Å². The van der Waals surface area contributed by atoms with Gasteiger partial charge in [-0.05, 0) is 37.6 Å². The minimum atomic E-state index is -4.46. The average Bonchev–Trinajstić information content (AvgIpc) is 2.99. The number of amides is 1. The number of nitrogens with zero attached hydrogens (tertiary/aromatic N) is 2. The van der Waals surface area contributed by atoms with Crippen LogP contribution in [0.5, 0.6) is 11.5 Å². The first-order valence-corrected chi connectivity index (χ1v) is 7.88. The third-order valence-corrected chi connectivity index (χ3v) is 3.75. The van der Waals surface area contributed by atoms with Crippen LogP contribution >= 0.6 is 0 Å². The van der Waals surface area contributed by atoms with Crippen molar-refractivity contribution in [1.29, 1.82) is 0 Å². The lowest BCUT2D eigenvalue weighted by Gasteiger charge is -2.10. The van der Waals surface area contributed by atoms with E-state index in [0.717, 1.165) is 6.07 Å². The number of hydrogen-bond donors (Lipinski definition) is 1. The van der Waals surface area contributed by atoms with Crippen molar-refractivity contribution in [2.45, 2.75) is 26.1 Å². The number of methoxy groups -OCH3 is 2. The Kier molecular flexibility index (Phi) is 6.12. The first-order valence-electron chi connectivity index (χ1n) is 7.88. The summed E-state index contributed by atoms with van der Waals surface area (Å²) in [5, 5.41) is 6.26. The maximum absolute atomic E-state index is 12.6. The fraction of sp³-hybridized carbons (Fsp3) is 0.412. The summed E-state index contributed by atoms with van der Waals surface area (Å²) in [6, 6.07) is 5.78. The molecule has 1 heterocycles. The van der Waals surface area contributed by atoms with E-state index in [1.54, 1.807) is 25.1 Å². The van der Waals surface area contributed by atoms with Crippen molar-refractivity contribution in [2.75, 3.05) is 20.8 Å². The Morgan fingerprint density at radius 2 is 1.88 bits per heavy atom. The molecule has 2 rings (SSSR count). The van der Waals surface area contributed by atoms with Crippen LogP contribution in [-0.2, 0) is 12.7 Å². The van der Waals surface area contributed by atoms with Gasteiger partial charge in [-0.1, -0.05) is 0 Å². The molecule has 6 nitrogen and oxygen atoms in total. The van der Waals surface area contributed by atoms with E-state index in [4.69, 9.17) is 9.47 Å². The van der Waals surface area contributed by atoms with Crippen molar-refractivity contribution in [1.82, 2.24) is 15.1 Å². The molecule has 9 heteroatoms. The number of halogens is 3. The van der Waals surface area contributed by atoms with Gasteiger partial charge < -0.3 is 14.8 Å². The van der Waals surface area contributed by atoms with Crippen molar-refractivity contribution in [3.05, 3.63) is 41.2 Å². The summed E-state index contributed by atoms with van der Waals surface area (Å²) >= 11 is 0. The first kappa shape index (κ1) is 19.6. The second-order valence-electron chi connectivity index (χ2n) is 5.57. The van der Waals surface area contributed by atoms with Crippen molar-refractivity contribution in [3.8, 4) is 11.5 Å². The van der Waals surface area contributed by atoms with Crippen LogP contribution in [0.4, 0.5) is 13.2 Å². The van der Waals surface area contributed by atoms with E-state index >= 15 is 0 Å². The molecular weight excluding hydrogens is 351 g/mol. The topological polar surface area (TPSA) is 65.4 Å². The summed E-state index contributed by atoms with van der Waals surface area (Å²) in [4.78, 5) is 12.1. The Labute approximate surface area is 148 Å². The van der Waals surface area contributed by atoms with Gasteiger partial charge in [0, 0.05) is 24.3 Å². The van der Waals surface area contributed by atoms with Crippen molar-refractivity contribution in [3.63, 3.8) is 0 Å². The summed E-state index contributed by atoms with van der Waals surface area (Å²) < 4.78 is 49.4. The minimum Gasteiger partial charge on any atom is -0.493 e. The fourth-order valence-electron chi connectivity index (χ4n) is 2.39. The van der Waals surface area contributed by atoms with E-state index in [-0.39, 0.29) is 12.5 Å². The monoisotopic (exact) mass is 371 g/mol. The van der Waals surface area contributed by atoms with Gasteiger partial charge in [0.15, 0.2) is 17.2 Å². The summed E-state index contributed by atoms with van der Waals surface area (Å²) in [6.07, 6.45) is -4.02. The molecule has 1 amide bonds. The van der Waals surface area contributed by atoms with E-state index < -0.39 is 11.9 Å². The highest BCUT2D eigenvalue weighted by atomic mass is 19.4. The van der Waals surface area contributed by atoms with Crippen LogP contribution in [0.2, 0.25) is 0 Å². The number of alkyl halides is 3. The predicted octanol–water partition coefficient (Wildman–Crippen LogP) is 3.05. The molecule has 0 saturated carbocycles. The van der Waals surface area contributed by atoms with Gasteiger partial charge in [0.1, 0.15) is 0 Å². The Balaban J connectivity index is 1.88. The highest BCUT2D eigenvalue weighted by Gasteiger charge is 2.34. The normalized spacial score (nSPS) is 11.3. The third kappa shape index (κ3) is 4.68. The third-order valence-electron chi connectivity index (χ3n) is 3.75. The van der Waals surface area contributed by atoms with Crippen LogP contribution in [0.3, 0.4) is 0 Å². The van der Waals surface area contributed by atoms with Crippen molar-refractivity contribution >= 4 is 5.91 Å². The van der Waals surface area contributed by atoms with Gasteiger partial charge in [0.25, 0.3) is 5.91 Å². The molecule has 1 aromatic carbocycles. The van der Waals surface area contributed by atoms with E-state index in [1.807, 2.05) is 0 Å². The van der Waals surface area contributed by atoms with Gasteiger partial charge in [-0.2, -0.15) is 18.3 Å². The van der Waals surface area contributed by atoms with Crippen LogP contribution in [0.15, 0.2) is 24.3 Å². The van der Waals surface area contributed by atoms with E-state index in [1.165, 1.54) is 18.9 Å². The number of rotatable bonds is 7. The van der Waals surface area contributed by atoms with Crippen molar-refractivity contribution in [2.24, 2.45) is 0 Å². The standard InChI is InChI=1S/C17H20F3N3O3/c1-11-9-15(17(18,19)20)22-23(11)8-4-7-21-16(24)12-5-6-13(25-2)14(10-12)26-3/h5-6,9-10H,4,7-8H2,1-3H3,(H,21,24). The van der Waals surface area contributed by atoms with Gasteiger partial charge in [-0.15, -0.1) is 0 Å². The molecule has 1 N–H and O–H groups in total. The molecule has 0 unspecified atom stereocenters. The van der Waals surface area contributed by atoms with Crippen LogP contribution in [-0.4, -0.2) is 36.5 Å². The number of nitrogens with one attached hydrogen (secondary N) is 1. The van der Waals surface area contributed by atoms with Gasteiger partial charge in [0.05, 0.1) is 14.2 Å². The Hall–Kier alpha value is -2.71. The van der Waals surface area contributed by atoms with E-state index in [9.17, 15) is 18.0 Å². The summed E-state index contributed by atoms with van der Waals surface area (Å²) in [5.41, 5.74) is -0.0924. The average molecular weight is 371 g/mol. The number of ether oxygens (including phenoxy) is 2. The molecule has 26 heavy (non-hydrogen) atoms. The second kappa shape index (κ2) is 8.11. The molecule has 1 aromatic heterocycles. The molecule has 0 bridgehead atoms. The minimum absolute atomic E-state index is 0.272. The molecule has 0 radical (unpaired) electrons. The Bertz CT molecular complexity index is 772. The Morgan fingerprint density at radius 3 is 2.46 bits per heavy atom. The van der Waals surface area contributed by atoms with Gasteiger partial charge in [0.2, 0.25) is 0 Å². The lowest BCUT2D eigenvalue weighted by Crippen LogP contribution is -2.25.